The molecular weight excluding hydrogens is 442 g/mol. The highest BCUT2D eigenvalue weighted by Crippen LogP contribution is 2.31. The van der Waals surface area contributed by atoms with E-state index in [1.165, 1.54) is 5.69 Å². The zero-order valence-corrected chi connectivity index (χ0v) is 20.5. The molecule has 0 bridgehead atoms. The van der Waals surface area contributed by atoms with Gasteiger partial charge < -0.3 is 24.2 Å². The van der Waals surface area contributed by atoms with E-state index in [9.17, 15) is 4.79 Å². The van der Waals surface area contributed by atoms with Crippen molar-refractivity contribution < 1.29 is 14.3 Å². The minimum absolute atomic E-state index is 0.0581. The van der Waals surface area contributed by atoms with Gasteiger partial charge in [0.25, 0.3) is 5.88 Å². The first-order chi connectivity index (χ1) is 17.2. The van der Waals surface area contributed by atoms with Crippen LogP contribution in [0.25, 0.3) is 11.0 Å². The van der Waals surface area contributed by atoms with Crippen molar-refractivity contribution in [2.24, 2.45) is 5.92 Å². The van der Waals surface area contributed by atoms with E-state index in [4.69, 9.17) is 19.4 Å². The van der Waals surface area contributed by atoms with Gasteiger partial charge in [0.1, 0.15) is 5.75 Å². The monoisotopic (exact) mass is 475 g/mol. The number of amides is 1. The number of nitrogens with zero attached hydrogens (tertiary/aromatic N) is 5. The van der Waals surface area contributed by atoms with Crippen molar-refractivity contribution in [3.63, 3.8) is 0 Å². The summed E-state index contributed by atoms with van der Waals surface area (Å²) in [6, 6.07) is 16.0. The lowest BCUT2D eigenvalue weighted by molar-refractivity contribution is -0.136. The van der Waals surface area contributed by atoms with E-state index in [1.807, 2.05) is 48.2 Å². The quantitative estimate of drug-likeness (QED) is 0.539. The van der Waals surface area contributed by atoms with Gasteiger partial charge in [-0.25, -0.2) is 9.97 Å². The first-order valence-corrected chi connectivity index (χ1v) is 12.5. The lowest BCUT2D eigenvalue weighted by atomic mass is 9.95. The second-order valence-electron chi connectivity index (χ2n) is 9.05. The number of para-hydroxylation sites is 2. The van der Waals surface area contributed by atoms with E-state index < -0.39 is 0 Å². The Morgan fingerprint density at radius 1 is 0.886 bits per heavy atom. The predicted molar refractivity (Wildman–Crippen MR) is 137 cm³/mol. The average Bonchev–Trinajstić information content (AvgIpc) is 2.93. The third kappa shape index (κ3) is 4.97. The lowest BCUT2D eigenvalue weighted by Gasteiger charge is -2.39. The summed E-state index contributed by atoms with van der Waals surface area (Å²) in [4.78, 5) is 29.4. The van der Waals surface area contributed by atoms with Crippen LogP contribution in [0.5, 0.6) is 11.6 Å². The van der Waals surface area contributed by atoms with E-state index in [0.717, 1.165) is 74.7 Å². The summed E-state index contributed by atoms with van der Waals surface area (Å²) in [5.41, 5.74) is 2.87. The molecule has 2 aromatic carbocycles. The van der Waals surface area contributed by atoms with Gasteiger partial charge in [-0.15, -0.1) is 0 Å². The maximum absolute atomic E-state index is 13.3. The number of benzene rings is 2. The number of hydrogen-bond acceptors (Lipinski definition) is 7. The van der Waals surface area contributed by atoms with Crippen LogP contribution in [0.15, 0.2) is 48.5 Å². The molecule has 2 aliphatic rings. The molecule has 0 unspecified atom stereocenters. The molecule has 0 spiro atoms. The van der Waals surface area contributed by atoms with Crippen LogP contribution in [0.1, 0.15) is 19.8 Å². The van der Waals surface area contributed by atoms with Gasteiger partial charge in [0.2, 0.25) is 5.91 Å². The number of fused-ring (bicyclic) bond motifs is 1. The molecule has 1 amide bonds. The highest BCUT2D eigenvalue weighted by atomic mass is 16.5. The van der Waals surface area contributed by atoms with Crippen LogP contribution in [-0.4, -0.2) is 73.8 Å². The first kappa shape index (κ1) is 23.2. The lowest BCUT2D eigenvalue weighted by Crippen LogP contribution is -2.51. The highest BCUT2D eigenvalue weighted by Gasteiger charge is 2.32. The van der Waals surface area contributed by atoms with Gasteiger partial charge in [-0.2, -0.15) is 0 Å². The van der Waals surface area contributed by atoms with Crippen LogP contribution in [0, 0.1) is 5.92 Å². The molecule has 2 fully saturated rings. The third-order valence-electron chi connectivity index (χ3n) is 6.98. The minimum atomic E-state index is 0.0581. The van der Waals surface area contributed by atoms with Crippen molar-refractivity contribution in [1.82, 2.24) is 14.9 Å². The first-order valence-electron chi connectivity index (χ1n) is 12.5. The SMILES string of the molecule is CCOc1nc2ccccc2nc1N1CCC(C(=O)N2CCN(c3ccc(OC)cc3)CC2)CC1. The molecule has 2 aliphatic heterocycles. The molecule has 2 saturated heterocycles. The molecule has 35 heavy (non-hydrogen) atoms. The topological polar surface area (TPSA) is 71.0 Å². The van der Waals surface area contributed by atoms with Crippen molar-refractivity contribution >= 4 is 28.4 Å². The third-order valence-corrected chi connectivity index (χ3v) is 6.98. The molecule has 0 N–H and O–H groups in total. The molecule has 3 heterocycles. The summed E-state index contributed by atoms with van der Waals surface area (Å²) in [6.07, 6.45) is 1.63. The average molecular weight is 476 g/mol. The van der Waals surface area contributed by atoms with Gasteiger partial charge in [0.05, 0.1) is 24.8 Å². The Bertz CT molecular complexity index is 1150. The minimum Gasteiger partial charge on any atom is -0.497 e. The molecule has 5 rings (SSSR count). The van der Waals surface area contributed by atoms with Crippen LogP contribution < -0.4 is 19.3 Å². The second kappa shape index (κ2) is 10.4. The molecule has 8 nitrogen and oxygen atoms in total. The standard InChI is InChI=1S/C27H33N5O3/c1-3-35-26-25(28-23-6-4-5-7-24(23)29-26)31-14-12-20(13-15-31)27(33)32-18-16-30(17-19-32)21-8-10-22(34-2)11-9-21/h4-11,20H,3,12-19H2,1-2H3. The Balaban J connectivity index is 1.18. The fraction of sp³-hybridized carbons (Fsp3) is 0.444. The molecule has 0 aliphatic carbocycles. The number of piperazine rings is 1. The van der Waals surface area contributed by atoms with Crippen LogP contribution in [-0.2, 0) is 4.79 Å². The fourth-order valence-electron chi connectivity index (χ4n) is 4.99. The molecular formula is C27H33N5O3. The zero-order chi connectivity index (χ0) is 24.2. The van der Waals surface area contributed by atoms with Gasteiger partial charge in [-0.3, -0.25) is 4.79 Å². The number of hydrogen-bond donors (Lipinski definition) is 0. The van der Waals surface area contributed by atoms with E-state index in [2.05, 4.69) is 21.9 Å². The Hall–Kier alpha value is -3.55. The number of rotatable bonds is 6. The Morgan fingerprint density at radius 2 is 1.54 bits per heavy atom. The van der Waals surface area contributed by atoms with Crippen LogP contribution in [0.2, 0.25) is 0 Å². The Kier molecular flexibility index (Phi) is 6.88. The Morgan fingerprint density at radius 3 is 2.17 bits per heavy atom. The molecule has 0 saturated carbocycles. The highest BCUT2D eigenvalue weighted by molar-refractivity contribution is 5.80. The van der Waals surface area contributed by atoms with Crippen molar-refractivity contribution in [3.05, 3.63) is 48.5 Å². The molecule has 0 radical (unpaired) electrons. The van der Waals surface area contributed by atoms with Gasteiger partial charge in [-0.1, -0.05) is 12.1 Å². The number of piperidine rings is 1. The molecule has 0 atom stereocenters. The fourth-order valence-corrected chi connectivity index (χ4v) is 4.99. The van der Waals surface area contributed by atoms with Crippen LogP contribution >= 0.6 is 0 Å². The number of ether oxygens (including phenoxy) is 2. The van der Waals surface area contributed by atoms with Gasteiger partial charge in [0.15, 0.2) is 5.82 Å². The molecule has 184 valence electrons. The molecule has 8 heteroatoms. The van der Waals surface area contributed by atoms with E-state index in [1.54, 1.807) is 7.11 Å². The summed E-state index contributed by atoms with van der Waals surface area (Å²) in [5.74, 6) is 2.56. The largest absolute Gasteiger partial charge is 0.497 e. The smallest absolute Gasteiger partial charge is 0.258 e. The number of anilines is 2. The van der Waals surface area contributed by atoms with Gasteiger partial charge in [0, 0.05) is 50.9 Å². The van der Waals surface area contributed by atoms with Crippen LogP contribution in [0.3, 0.4) is 0 Å². The number of carbonyl (C=O) groups is 1. The normalized spacial score (nSPS) is 17.0. The van der Waals surface area contributed by atoms with Crippen LogP contribution in [0.4, 0.5) is 11.5 Å². The number of aromatic nitrogens is 2. The maximum atomic E-state index is 13.3. The van der Waals surface area contributed by atoms with E-state index >= 15 is 0 Å². The predicted octanol–water partition coefficient (Wildman–Crippen LogP) is 3.60. The summed E-state index contributed by atoms with van der Waals surface area (Å²) in [7, 11) is 1.68. The molecule has 1 aromatic heterocycles. The van der Waals surface area contributed by atoms with Gasteiger partial charge >= 0.3 is 0 Å². The summed E-state index contributed by atoms with van der Waals surface area (Å²) < 4.78 is 11.1. The maximum Gasteiger partial charge on any atom is 0.258 e. The second-order valence-corrected chi connectivity index (χ2v) is 9.05. The number of methoxy groups -OCH3 is 1. The number of carbonyl (C=O) groups excluding carboxylic acids is 1. The van der Waals surface area contributed by atoms with E-state index in [0.29, 0.717) is 12.5 Å². The Labute approximate surface area is 206 Å². The molecule has 3 aromatic rings. The van der Waals surface area contributed by atoms with Gasteiger partial charge in [-0.05, 0) is 56.2 Å². The van der Waals surface area contributed by atoms with Crippen molar-refractivity contribution in [2.45, 2.75) is 19.8 Å². The van der Waals surface area contributed by atoms with Crippen molar-refractivity contribution in [2.75, 3.05) is 62.8 Å². The van der Waals surface area contributed by atoms with Crippen molar-refractivity contribution in [3.8, 4) is 11.6 Å². The summed E-state index contributed by atoms with van der Waals surface area (Å²) >= 11 is 0. The van der Waals surface area contributed by atoms with E-state index in [-0.39, 0.29) is 11.8 Å². The summed E-state index contributed by atoms with van der Waals surface area (Å²) in [5, 5.41) is 0. The zero-order valence-electron chi connectivity index (χ0n) is 20.5. The summed E-state index contributed by atoms with van der Waals surface area (Å²) in [6.45, 7) is 7.26. The van der Waals surface area contributed by atoms with Crippen molar-refractivity contribution in [1.29, 1.82) is 0 Å².